The summed E-state index contributed by atoms with van der Waals surface area (Å²) in [7, 11) is -5.17. The van der Waals surface area contributed by atoms with Crippen molar-refractivity contribution in [3.8, 4) is 0 Å². The Kier molecular flexibility index (Phi) is 19.2. The molecule has 6 heteroatoms. The number of quaternary nitrogens is 1. The van der Waals surface area contributed by atoms with Crippen molar-refractivity contribution in [3.63, 3.8) is 0 Å². The molecule has 0 fully saturated rings. The molecule has 0 rings (SSSR count). The smallest absolute Gasteiger partial charge is 0.0879 e. The van der Waals surface area contributed by atoms with Crippen molar-refractivity contribution >= 4 is 10.4 Å². The number of unbranched alkanes of at least 4 members (excludes halogenated alkanes) is 2. The summed E-state index contributed by atoms with van der Waals surface area (Å²) in [5.41, 5.74) is 0. The lowest BCUT2D eigenvalue weighted by Gasteiger charge is -2.32. The Balaban J connectivity index is 0. The molecular formula is C21H46NO4S-. The zero-order valence-corrected chi connectivity index (χ0v) is 19.6. The van der Waals surface area contributed by atoms with E-state index in [-0.39, 0.29) is 0 Å². The van der Waals surface area contributed by atoms with Gasteiger partial charge in [-0.05, 0) is 25.7 Å². The number of hydrogen-bond acceptors (Lipinski definition) is 4. The van der Waals surface area contributed by atoms with E-state index in [4.69, 9.17) is 17.5 Å². The largest absolute Gasteiger partial charge is 0.759 e. The zero-order valence-electron chi connectivity index (χ0n) is 18.8. The van der Waals surface area contributed by atoms with Crippen LogP contribution in [0.25, 0.3) is 0 Å². The lowest BCUT2D eigenvalue weighted by atomic mass is 9.85. The van der Waals surface area contributed by atoms with Crippen LogP contribution in [-0.2, 0) is 10.4 Å². The van der Waals surface area contributed by atoms with Gasteiger partial charge in [0, 0.05) is 23.2 Å². The van der Waals surface area contributed by atoms with Crippen LogP contribution in [0.2, 0.25) is 0 Å². The topological polar surface area (TPSA) is 84.7 Å². The molecule has 0 amide bonds. The van der Waals surface area contributed by atoms with Gasteiger partial charge >= 0.3 is 0 Å². The van der Waals surface area contributed by atoms with E-state index in [0.717, 1.165) is 17.9 Å². The minimum absolute atomic E-state index is 0.901. The Labute approximate surface area is 169 Å². The summed E-state index contributed by atoms with van der Waals surface area (Å²) in [6.45, 7) is 16.8. The van der Waals surface area contributed by atoms with Crippen molar-refractivity contribution in [1.82, 2.24) is 0 Å². The first-order valence-corrected chi connectivity index (χ1v) is 12.5. The van der Waals surface area contributed by atoms with Crippen LogP contribution in [0.5, 0.6) is 0 Å². The fraction of sp³-hybridized carbons (Fsp3) is 1.00. The number of hydrogen-bond donors (Lipinski definition) is 1. The summed E-state index contributed by atoms with van der Waals surface area (Å²) in [6, 6.07) is 0.901. The zero-order chi connectivity index (χ0) is 21.3. The quantitative estimate of drug-likeness (QED) is 0.326. The highest BCUT2D eigenvalue weighted by Crippen LogP contribution is 2.24. The van der Waals surface area contributed by atoms with E-state index in [1.54, 1.807) is 0 Å². The van der Waals surface area contributed by atoms with Crippen LogP contribution >= 0.6 is 0 Å². The number of nitrogens with one attached hydrogen (secondary N) is 1. The van der Waals surface area contributed by atoms with E-state index < -0.39 is 10.4 Å². The maximum atomic E-state index is 8.52. The molecule has 0 aromatic heterocycles. The monoisotopic (exact) mass is 408 g/mol. The van der Waals surface area contributed by atoms with Gasteiger partial charge in [-0.25, -0.2) is 0 Å². The molecule has 2 atom stereocenters. The van der Waals surface area contributed by atoms with Gasteiger partial charge in [-0.15, -0.1) is 0 Å². The molecule has 0 aliphatic heterocycles. The Morgan fingerprint density at radius 1 is 0.741 bits per heavy atom. The SMILES string of the molecule is CCCCC(CC)CC(CC(CC)CCCC)[NH+](CC)CC.O=S(=O)([O-])[O-]. The predicted octanol–water partition coefficient (Wildman–Crippen LogP) is 4.15. The van der Waals surface area contributed by atoms with Crippen LogP contribution in [0.15, 0.2) is 0 Å². The summed E-state index contributed by atoms with van der Waals surface area (Å²) >= 11 is 0. The molecule has 0 saturated heterocycles. The summed E-state index contributed by atoms with van der Waals surface area (Å²) in [5, 5.41) is 0. The third-order valence-electron chi connectivity index (χ3n) is 5.81. The minimum atomic E-state index is -5.17. The first-order valence-electron chi connectivity index (χ1n) is 11.2. The van der Waals surface area contributed by atoms with E-state index in [1.165, 1.54) is 77.3 Å². The summed E-state index contributed by atoms with van der Waals surface area (Å²) in [6.07, 6.45) is 14.2. The van der Waals surface area contributed by atoms with E-state index in [0.29, 0.717) is 0 Å². The van der Waals surface area contributed by atoms with Crippen LogP contribution in [-0.4, -0.2) is 36.7 Å². The van der Waals surface area contributed by atoms with Gasteiger partial charge < -0.3 is 14.0 Å². The van der Waals surface area contributed by atoms with E-state index in [9.17, 15) is 0 Å². The molecule has 0 spiro atoms. The van der Waals surface area contributed by atoms with Gasteiger partial charge in [0.25, 0.3) is 0 Å². The van der Waals surface area contributed by atoms with Crippen LogP contribution in [0.1, 0.15) is 106 Å². The van der Waals surface area contributed by atoms with Crippen molar-refractivity contribution in [2.75, 3.05) is 13.1 Å². The van der Waals surface area contributed by atoms with Gasteiger partial charge in [-0.1, -0.05) is 79.1 Å². The Hall–Kier alpha value is -0.170. The molecule has 1 N–H and O–H groups in total. The van der Waals surface area contributed by atoms with Gasteiger partial charge in [0.05, 0.1) is 19.1 Å². The van der Waals surface area contributed by atoms with E-state index in [1.807, 2.05) is 4.90 Å². The first-order chi connectivity index (χ1) is 12.7. The molecule has 27 heavy (non-hydrogen) atoms. The highest BCUT2D eigenvalue weighted by atomic mass is 32.3. The normalized spacial score (nSPS) is 15.1. The summed E-state index contributed by atoms with van der Waals surface area (Å²) in [4.78, 5) is 1.85. The molecule has 0 bridgehead atoms. The molecule has 0 aromatic carbocycles. The standard InChI is InChI=1S/C21H45N.H2O4S/c1-7-13-15-19(9-3)17-21(22(11-5)12-6)18-20(10-4)16-14-8-2;1-5(2,3)4/h19-21H,7-18H2,1-6H3;(H2,1,2,3,4)/p-1. The Morgan fingerprint density at radius 2 is 1.07 bits per heavy atom. The molecule has 166 valence electrons. The van der Waals surface area contributed by atoms with Crippen molar-refractivity contribution in [1.29, 1.82) is 0 Å². The lowest BCUT2D eigenvalue weighted by Crippen LogP contribution is -3.15. The second-order valence-electron chi connectivity index (χ2n) is 7.77. The van der Waals surface area contributed by atoms with Crippen LogP contribution in [0.4, 0.5) is 0 Å². The number of rotatable bonds is 15. The molecule has 2 unspecified atom stereocenters. The molecule has 0 aromatic rings. The van der Waals surface area contributed by atoms with Crippen LogP contribution < -0.4 is 4.90 Å². The first kappa shape index (κ1) is 29.0. The third-order valence-corrected chi connectivity index (χ3v) is 5.81. The molecule has 0 saturated carbocycles. The van der Waals surface area contributed by atoms with Crippen molar-refractivity contribution in [2.24, 2.45) is 11.8 Å². The average molecular weight is 409 g/mol. The second-order valence-corrected chi connectivity index (χ2v) is 8.59. The molecule has 0 aliphatic rings. The highest BCUT2D eigenvalue weighted by molar-refractivity contribution is 7.79. The van der Waals surface area contributed by atoms with Gasteiger partial charge in [-0.3, -0.25) is 8.42 Å². The minimum Gasteiger partial charge on any atom is -0.759 e. The van der Waals surface area contributed by atoms with E-state index in [2.05, 4.69) is 41.5 Å². The van der Waals surface area contributed by atoms with Crippen molar-refractivity contribution in [3.05, 3.63) is 0 Å². The molecule has 5 nitrogen and oxygen atoms in total. The molecule has 0 heterocycles. The maximum absolute atomic E-state index is 8.52. The Morgan fingerprint density at radius 3 is 1.30 bits per heavy atom. The predicted molar refractivity (Wildman–Crippen MR) is 112 cm³/mol. The van der Waals surface area contributed by atoms with Gasteiger partial charge in [0.1, 0.15) is 0 Å². The summed E-state index contributed by atoms with van der Waals surface area (Å²) < 4.78 is 34.1. The lowest BCUT2D eigenvalue weighted by molar-refractivity contribution is -0.923. The fourth-order valence-corrected chi connectivity index (χ4v) is 4.02. The van der Waals surface area contributed by atoms with Crippen molar-refractivity contribution in [2.45, 2.75) is 112 Å². The Bertz CT molecular complexity index is 384. The molecule has 0 radical (unpaired) electrons. The van der Waals surface area contributed by atoms with Crippen molar-refractivity contribution < 1.29 is 22.4 Å². The highest BCUT2D eigenvalue weighted by Gasteiger charge is 2.25. The average Bonchev–Trinajstić information content (AvgIpc) is 2.60. The van der Waals surface area contributed by atoms with Crippen LogP contribution in [0.3, 0.4) is 0 Å². The van der Waals surface area contributed by atoms with Gasteiger partial charge in [-0.2, -0.15) is 0 Å². The molecule has 0 aliphatic carbocycles. The molecular weight excluding hydrogens is 362 g/mol. The van der Waals surface area contributed by atoms with Crippen LogP contribution in [0, 0.1) is 11.8 Å². The van der Waals surface area contributed by atoms with Gasteiger partial charge in [0.2, 0.25) is 0 Å². The third kappa shape index (κ3) is 18.9. The maximum Gasteiger partial charge on any atom is 0.0879 e. The fourth-order valence-electron chi connectivity index (χ4n) is 4.02. The summed E-state index contributed by atoms with van der Waals surface area (Å²) in [5.74, 6) is 1.92. The second kappa shape index (κ2) is 17.9. The van der Waals surface area contributed by atoms with Gasteiger partial charge in [0.15, 0.2) is 0 Å². The van der Waals surface area contributed by atoms with E-state index >= 15 is 0 Å².